The lowest BCUT2D eigenvalue weighted by Crippen LogP contribution is -2.36. The second kappa shape index (κ2) is 18.2. The van der Waals surface area contributed by atoms with Gasteiger partial charge in [0.15, 0.2) is 0 Å². The summed E-state index contributed by atoms with van der Waals surface area (Å²) in [5.41, 5.74) is -5.09. The van der Waals surface area contributed by atoms with E-state index in [0.717, 1.165) is 21.5 Å². The molecule has 49 heavy (non-hydrogen) atoms. The number of pyridine rings is 2. The van der Waals surface area contributed by atoms with Crippen molar-refractivity contribution in [3.05, 3.63) is 67.5 Å². The number of aldehydes is 1. The third-order valence-corrected chi connectivity index (χ3v) is 8.11. The molecular weight excluding hydrogens is 664 g/mol. The molecule has 0 fully saturated rings. The Balaban J connectivity index is 2.17. The van der Waals surface area contributed by atoms with Gasteiger partial charge in [0.1, 0.15) is 18.4 Å². The molecule has 0 amide bonds. The average Bonchev–Trinajstić information content (AvgIpc) is 3.01. The van der Waals surface area contributed by atoms with E-state index in [0.29, 0.717) is 25.0 Å². The SMILES string of the molecule is CCCC(C(=O)OCC)n1cc(CCN(C)CCCOC(=O)C([C@H](C)CC)n2cc(CC=O)c(C(F)(F)F)cc2=O)c(C(F)(F)F)cc1=O. The van der Waals surface area contributed by atoms with Crippen LogP contribution in [0.25, 0.3) is 0 Å². The van der Waals surface area contributed by atoms with Crippen molar-refractivity contribution in [2.75, 3.05) is 33.4 Å². The molecule has 0 radical (unpaired) electrons. The van der Waals surface area contributed by atoms with Gasteiger partial charge in [-0.15, -0.1) is 0 Å². The van der Waals surface area contributed by atoms with Gasteiger partial charge in [-0.05, 0) is 50.3 Å². The molecule has 2 heterocycles. The average molecular weight is 708 g/mol. The van der Waals surface area contributed by atoms with Gasteiger partial charge in [-0.2, -0.15) is 26.3 Å². The van der Waals surface area contributed by atoms with Crippen LogP contribution in [0.1, 0.15) is 87.7 Å². The van der Waals surface area contributed by atoms with Crippen LogP contribution in [0.2, 0.25) is 0 Å². The number of carbonyl (C=O) groups is 3. The van der Waals surface area contributed by atoms with Crippen LogP contribution in [0.5, 0.6) is 0 Å². The van der Waals surface area contributed by atoms with Crippen molar-refractivity contribution in [1.29, 1.82) is 0 Å². The van der Waals surface area contributed by atoms with Crippen LogP contribution >= 0.6 is 0 Å². The van der Waals surface area contributed by atoms with Crippen LogP contribution in [0.3, 0.4) is 0 Å². The minimum absolute atomic E-state index is 0.0373. The summed E-state index contributed by atoms with van der Waals surface area (Å²) in [4.78, 5) is 63.8. The summed E-state index contributed by atoms with van der Waals surface area (Å²) in [6, 6.07) is -1.52. The van der Waals surface area contributed by atoms with Gasteiger partial charge in [0.05, 0.1) is 24.3 Å². The maximum atomic E-state index is 13.9. The fourth-order valence-electron chi connectivity index (χ4n) is 5.37. The van der Waals surface area contributed by atoms with Crippen LogP contribution in [0, 0.1) is 5.92 Å². The zero-order valence-corrected chi connectivity index (χ0v) is 28.2. The van der Waals surface area contributed by atoms with E-state index in [4.69, 9.17) is 9.47 Å². The molecule has 10 nitrogen and oxygen atoms in total. The van der Waals surface area contributed by atoms with Gasteiger partial charge in [0.2, 0.25) is 0 Å². The van der Waals surface area contributed by atoms with Crippen molar-refractivity contribution >= 4 is 18.2 Å². The summed E-state index contributed by atoms with van der Waals surface area (Å²) >= 11 is 0. The molecule has 16 heteroatoms. The summed E-state index contributed by atoms with van der Waals surface area (Å²) in [5.74, 6) is -2.11. The van der Waals surface area contributed by atoms with Crippen LogP contribution < -0.4 is 11.1 Å². The van der Waals surface area contributed by atoms with E-state index < -0.39 is 76.5 Å². The second-order valence-corrected chi connectivity index (χ2v) is 11.7. The molecule has 0 aliphatic rings. The smallest absolute Gasteiger partial charge is 0.416 e. The lowest BCUT2D eigenvalue weighted by Gasteiger charge is -2.25. The van der Waals surface area contributed by atoms with E-state index in [9.17, 15) is 50.3 Å². The Hall–Kier alpha value is -3.95. The highest BCUT2D eigenvalue weighted by molar-refractivity contribution is 5.75. The maximum absolute atomic E-state index is 13.9. The van der Waals surface area contributed by atoms with E-state index in [1.165, 1.54) is 0 Å². The molecule has 0 aliphatic carbocycles. The lowest BCUT2D eigenvalue weighted by molar-refractivity contribution is -0.150. The summed E-state index contributed by atoms with van der Waals surface area (Å²) < 4.78 is 94.3. The van der Waals surface area contributed by atoms with Gasteiger partial charge in [0.25, 0.3) is 11.1 Å². The molecule has 2 unspecified atom stereocenters. The fraction of sp³-hybridized carbons (Fsp3) is 0.606. The van der Waals surface area contributed by atoms with Crippen molar-refractivity contribution in [3.63, 3.8) is 0 Å². The third kappa shape index (κ3) is 11.3. The minimum Gasteiger partial charge on any atom is -0.464 e. The summed E-state index contributed by atoms with van der Waals surface area (Å²) in [6.45, 7) is 6.92. The number of likely N-dealkylation sites (N-methyl/N-ethyl adjacent to an activating group) is 1. The van der Waals surface area contributed by atoms with Crippen molar-refractivity contribution in [2.45, 2.75) is 90.7 Å². The summed E-state index contributed by atoms with van der Waals surface area (Å²) in [6.07, 6.45) is -7.04. The van der Waals surface area contributed by atoms with E-state index in [-0.39, 0.29) is 57.4 Å². The predicted octanol–water partition coefficient (Wildman–Crippen LogP) is 5.39. The maximum Gasteiger partial charge on any atom is 0.416 e. The number of alkyl halides is 6. The first kappa shape index (κ1) is 41.2. The molecule has 0 saturated heterocycles. The first-order valence-electron chi connectivity index (χ1n) is 16.0. The number of nitrogens with zero attached hydrogens (tertiary/aromatic N) is 3. The van der Waals surface area contributed by atoms with Gasteiger partial charge in [-0.3, -0.25) is 9.59 Å². The van der Waals surface area contributed by atoms with Gasteiger partial charge >= 0.3 is 24.3 Å². The second-order valence-electron chi connectivity index (χ2n) is 11.7. The molecule has 2 aromatic rings. The number of hydrogen-bond acceptors (Lipinski definition) is 8. The van der Waals surface area contributed by atoms with E-state index >= 15 is 0 Å². The van der Waals surface area contributed by atoms with Crippen molar-refractivity contribution < 1.29 is 50.2 Å². The molecule has 0 N–H and O–H groups in total. The van der Waals surface area contributed by atoms with Crippen molar-refractivity contribution in [1.82, 2.24) is 14.0 Å². The molecule has 0 aliphatic heterocycles. The largest absolute Gasteiger partial charge is 0.464 e. The zero-order chi connectivity index (χ0) is 37.1. The van der Waals surface area contributed by atoms with Crippen molar-refractivity contribution in [3.8, 4) is 0 Å². The van der Waals surface area contributed by atoms with Gasteiger partial charge in [-0.25, -0.2) is 9.59 Å². The van der Waals surface area contributed by atoms with Crippen LogP contribution in [-0.4, -0.2) is 65.6 Å². The van der Waals surface area contributed by atoms with Gasteiger partial charge in [0, 0.05) is 44.0 Å². The van der Waals surface area contributed by atoms with E-state index in [1.807, 2.05) is 0 Å². The van der Waals surface area contributed by atoms with E-state index in [2.05, 4.69) is 0 Å². The fourth-order valence-corrected chi connectivity index (χ4v) is 5.37. The molecule has 0 bridgehead atoms. The number of hydrogen-bond donors (Lipinski definition) is 0. The molecule has 2 rings (SSSR count). The summed E-state index contributed by atoms with van der Waals surface area (Å²) in [7, 11) is 1.63. The molecule has 0 saturated carbocycles. The van der Waals surface area contributed by atoms with Gasteiger partial charge in [-0.1, -0.05) is 33.6 Å². The highest BCUT2D eigenvalue weighted by atomic mass is 19.4. The normalized spacial score (nSPS) is 14.0. The molecule has 3 atom stereocenters. The molecule has 274 valence electrons. The Morgan fingerprint density at radius 1 is 0.878 bits per heavy atom. The zero-order valence-electron chi connectivity index (χ0n) is 28.2. The third-order valence-electron chi connectivity index (χ3n) is 8.11. The first-order valence-corrected chi connectivity index (χ1v) is 16.0. The van der Waals surface area contributed by atoms with E-state index in [1.54, 1.807) is 39.6 Å². The summed E-state index contributed by atoms with van der Waals surface area (Å²) in [5, 5.41) is 0. The Morgan fingerprint density at radius 2 is 1.45 bits per heavy atom. The Kier molecular flexibility index (Phi) is 15.3. The molecule has 2 aromatic heterocycles. The number of esters is 2. The van der Waals surface area contributed by atoms with Crippen molar-refractivity contribution in [2.24, 2.45) is 5.92 Å². The van der Waals surface area contributed by atoms with Gasteiger partial charge < -0.3 is 28.3 Å². The molecule has 0 spiro atoms. The quantitative estimate of drug-likeness (QED) is 0.0877. The topological polar surface area (TPSA) is 117 Å². The molecular formula is C33H43F6N3O7. The standard InChI is InChI=1S/C33H43F6N3O7/c1-6-10-26(30(46)48-8-3)41-19-22(24(17-27(41)44)32(34,35)36)11-14-40(5)13-9-16-49-31(47)29(21(4)7-2)42-20-23(12-15-43)25(18-28(42)45)33(37,38)39/h15,17-21,26,29H,6-14,16H2,1-5H3/t21-,26?,29?/m1/s1. The number of aromatic nitrogens is 2. The Bertz CT molecular complexity index is 1550. The lowest BCUT2D eigenvalue weighted by atomic mass is 9.97. The minimum atomic E-state index is -4.88. The Morgan fingerprint density at radius 3 is 1.98 bits per heavy atom. The number of ether oxygens (including phenoxy) is 2. The first-order chi connectivity index (χ1) is 22.9. The predicted molar refractivity (Wildman–Crippen MR) is 167 cm³/mol. The number of carbonyl (C=O) groups excluding carboxylic acids is 3. The van der Waals surface area contributed by atoms with Crippen LogP contribution in [0.15, 0.2) is 34.1 Å². The highest BCUT2D eigenvalue weighted by Crippen LogP contribution is 2.33. The van der Waals surface area contributed by atoms with Crippen LogP contribution in [0.4, 0.5) is 26.3 Å². The van der Waals surface area contributed by atoms with Crippen LogP contribution in [-0.2, 0) is 49.1 Å². The monoisotopic (exact) mass is 707 g/mol. The molecule has 0 aromatic carbocycles. The number of rotatable bonds is 18. The number of halogens is 6. The highest BCUT2D eigenvalue weighted by Gasteiger charge is 2.37. The Labute approximate surface area is 280 Å².